The molecule has 1 aromatic rings. The Labute approximate surface area is 120 Å². The smallest absolute Gasteiger partial charge is 0.237 e. The van der Waals surface area contributed by atoms with Crippen molar-refractivity contribution < 1.29 is 14.3 Å². The second-order valence-electron chi connectivity index (χ2n) is 4.64. The van der Waals surface area contributed by atoms with E-state index in [1.807, 2.05) is 18.2 Å². The molecule has 0 aromatic heterocycles. The van der Waals surface area contributed by atoms with Crippen molar-refractivity contribution in [2.45, 2.75) is 38.8 Å². The Morgan fingerprint density at radius 2 is 2.10 bits per heavy atom. The maximum Gasteiger partial charge on any atom is 0.237 e. The lowest BCUT2D eigenvalue weighted by atomic mass is 10.1. The van der Waals surface area contributed by atoms with E-state index >= 15 is 0 Å². The van der Waals surface area contributed by atoms with E-state index in [4.69, 9.17) is 15.2 Å². The fourth-order valence-electron chi connectivity index (χ4n) is 1.89. The number of rotatable bonds is 8. The maximum absolute atomic E-state index is 11.9. The minimum absolute atomic E-state index is 0.136. The number of unbranched alkanes of at least 4 members (excludes halogenated alkanes) is 1. The molecule has 0 saturated heterocycles. The Bertz CT molecular complexity index is 435. The molecule has 0 heterocycles. The third-order valence-electron chi connectivity index (χ3n) is 3.15. The molecule has 0 fully saturated rings. The SMILES string of the molecule is CCCCC(N)C(=O)NCc1cc(OC)ccc1OC. The first-order valence-electron chi connectivity index (χ1n) is 6.86. The molecule has 0 aliphatic rings. The van der Waals surface area contributed by atoms with E-state index in [1.54, 1.807) is 14.2 Å². The van der Waals surface area contributed by atoms with Crippen LogP contribution in [0.4, 0.5) is 0 Å². The lowest BCUT2D eigenvalue weighted by Crippen LogP contribution is -2.40. The van der Waals surface area contributed by atoms with Gasteiger partial charge >= 0.3 is 0 Å². The summed E-state index contributed by atoms with van der Waals surface area (Å²) in [5.41, 5.74) is 6.69. The van der Waals surface area contributed by atoms with Crippen molar-refractivity contribution in [3.8, 4) is 11.5 Å². The molecule has 0 aliphatic heterocycles. The Kier molecular flexibility index (Phi) is 6.87. The number of nitrogens with one attached hydrogen (secondary N) is 1. The second kappa shape index (κ2) is 8.43. The molecular formula is C15H24N2O3. The average Bonchev–Trinajstić information content (AvgIpc) is 2.49. The topological polar surface area (TPSA) is 73.6 Å². The molecule has 5 heteroatoms. The molecule has 1 aromatic carbocycles. The highest BCUT2D eigenvalue weighted by Crippen LogP contribution is 2.23. The lowest BCUT2D eigenvalue weighted by molar-refractivity contribution is -0.122. The van der Waals surface area contributed by atoms with Crippen LogP contribution in [0.1, 0.15) is 31.7 Å². The van der Waals surface area contributed by atoms with Crippen molar-refractivity contribution >= 4 is 5.91 Å². The number of hydrogen-bond acceptors (Lipinski definition) is 4. The number of methoxy groups -OCH3 is 2. The summed E-state index contributed by atoms with van der Waals surface area (Å²) in [5.74, 6) is 1.31. The Hall–Kier alpha value is -1.75. The fourth-order valence-corrected chi connectivity index (χ4v) is 1.89. The summed E-state index contributed by atoms with van der Waals surface area (Å²) in [6.07, 6.45) is 2.69. The van der Waals surface area contributed by atoms with Gasteiger partial charge in [-0.3, -0.25) is 4.79 Å². The molecule has 112 valence electrons. The predicted molar refractivity (Wildman–Crippen MR) is 78.9 cm³/mol. The largest absolute Gasteiger partial charge is 0.497 e. The zero-order valence-corrected chi connectivity index (χ0v) is 12.4. The van der Waals surface area contributed by atoms with E-state index in [9.17, 15) is 4.79 Å². The van der Waals surface area contributed by atoms with E-state index in [-0.39, 0.29) is 5.91 Å². The Morgan fingerprint density at radius 3 is 2.70 bits per heavy atom. The standard InChI is InChI=1S/C15H24N2O3/c1-4-5-6-13(16)15(18)17-10-11-9-12(19-2)7-8-14(11)20-3/h7-9,13H,4-6,10,16H2,1-3H3,(H,17,18). The highest BCUT2D eigenvalue weighted by Gasteiger charge is 2.13. The van der Waals surface area contributed by atoms with Gasteiger partial charge in [-0.05, 0) is 24.6 Å². The summed E-state index contributed by atoms with van der Waals surface area (Å²) < 4.78 is 10.4. The Morgan fingerprint density at radius 1 is 1.35 bits per heavy atom. The van der Waals surface area contributed by atoms with Crippen LogP contribution >= 0.6 is 0 Å². The number of ether oxygens (including phenoxy) is 2. The van der Waals surface area contributed by atoms with Crippen molar-refractivity contribution in [2.24, 2.45) is 5.73 Å². The molecule has 0 bridgehead atoms. The van der Waals surface area contributed by atoms with Gasteiger partial charge in [0.15, 0.2) is 0 Å². The van der Waals surface area contributed by atoms with Crippen molar-refractivity contribution in [1.82, 2.24) is 5.32 Å². The summed E-state index contributed by atoms with van der Waals surface area (Å²) in [6, 6.07) is 5.03. The summed E-state index contributed by atoms with van der Waals surface area (Å²) in [4.78, 5) is 11.9. The number of carbonyl (C=O) groups is 1. The van der Waals surface area contributed by atoms with Gasteiger partial charge in [-0.15, -0.1) is 0 Å². The monoisotopic (exact) mass is 280 g/mol. The molecule has 5 nitrogen and oxygen atoms in total. The minimum atomic E-state index is -0.452. The first-order chi connectivity index (χ1) is 9.62. The molecule has 0 radical (unpaired) electrons. The third kappa shape index (κ3) is 4.74. The molecule has 1 unspecified atom stereocenters. The summed E-state index contributed by atoms with van der Waals surface area (Å²) in [7, 11) is 3.20. The molecule has 0 spiro atoms. The summed E-state index contributed by atoms with van der Waals surface area (Å²) in [5, 5.41) is 2.83. The summed E-state index contributed by atoms with van der Waals surface area (Å²) >= 11 is 0. The highest BCUT2D eigenvalue weighted by molar-refractivity contribution is 5.81. The first kappa shape index (κ1) is 16.3. The first-order valence-corrected chi connectivity index (χ1v) is 6.86. The number of benzene rings is 1. The minimum Gasteiger partial charge on any atom is -0.497 e. The molecular weight excluding hydrogens is 256 g/mol. The van der Waals surface area contributed by atoms with Crippen molar-refractivity contribution in [3.63, 3.8) is 0 Å². The van der Waals surface area contributed by atoms with E-state index in [2.05, 4.69) is 12.2 Å². The van der Waals surface area contributed by atoms with Crippen LogP contribution in [0, 0.1) is 0 Å². The fraction of sp³-hybridized carbons (Fsp3) is 0.533. The quantitative estimate of drug-likeness (QED) is 0.762. The lowest BCUT2D eigenvalue weighted by Gasteiger charge is -2.14. The Balaban J connectivity index is 2.62. The predicted octanol–water partition coefficient (Wildman–Crippen LogP) is 1.84. The maximum atomic E-state index is 11.9. The van der Waals surface area contributed by atoms with Crippen LogP contribution in [0.15, 0.2) is 18.2 Å². The normalized spacial score (nSPS) is 11.8. The number of nitrogens with two attached hydrogens (primary N) is 1. The summed E-state index contributed by atoms with van der Waals surface area (Å²) in [6.45, 7) is 2.45. The van der Waals surface area contributed by atoms with Crippen molar-refractivity contribution in [1.29, 1.82) is 0 Å². The molecule has 20 heavy (non-hydrogen) atoms. The zero-order chi connectivity index (χ0) is 15.0. The second-order valence-corrected chi connectivity index (χ2v) is 4.64. The van der Waals surface area contributed by atoms with Crippen LogP contribution in [-0.2, 0) is 11.3 Å². The highest BCUT2D eigenvalue weighted by atomic mass is 16.5. The van der Waals surface area contributed by atoms with E-state index < -0.39 is 6.04 Å². The van der Waals surface area contributed by atoms with Crippen molar-refractivity contribution in [3.05, 3.63) is 23.8 Å². The van der Waals surface area contributed by atoms with Crippen LogP contribution in [-0.4, -0.2) is 26.2 Å². The zero-order valence-electron chi connectivity index (χ0n) is 12.4. The third-order valence-corrected chi connectivity index (χ3v) is 3.15. The van der Waals surface area contributed by atoms with Gasteiger partial charge in [-0.2, -0.15) is 0 Å². The molecule has 3 N–H and O–H groups in total. The van der Waals surface area contributed by atoms with Gasteiger partial charge in [-0.1, -0.05) is 19.8 Å². The van der Waals surface area contributed by atoms with Gasteiger partial charge in [0.1, 0.15) is 11.5 Å². The number of hydrogen-bond donors (Lipinski definition) is 2. The van der Waals surface area contributed by atoms with E-state index in [0.717, 1.165) is 24.2 Å². The molecule has 1 rings (SSSR count). The van der Waals surface area contributed by atoms with E-state index in [0.29, 0.717) is 18.7 Å². The van der Waals surface area contributed by atoms with Crippen LogP contribution in [0.3, 0.4) is 0 Å². The molecule has 0 saturated carbocycles. The van der Waals surface area contributed by atoms with Crippen molar-refractivity contribution in [2.75, 3.05) is 14.2 Å². The molecule has 1 atom stereocenters. The molecule has 1 amide bonds. The van der Waals surface area contributed by atoms with Gasteiger partial charge in [0.05, 0.1) is 20.3 Å². The van der Waals surface area contributed by atoms with Crippen LogP contribution in [0.2, 0.25) is 0 Å². The average molecular weight is 280 g/mol. The van der Waals surface area contributed by atoms with E-state index in [1.165, 1.54) is 0 Å². The molecule has 0 aliphatic carbocycles. The van der Waals surface area contributed by atoms with Gasteiger partial charge in [-0.25, -0.2) is 0 Å². The number of carbonyl (C=O) groups excluding carboxylic acids is 1. The van der Waals surface area contributed by atoms with Gasteiger partial charge < -0.3 is 20.5 Å². The van der Waals surface area contributed by atoms with Gasteiger partial charge in [0, 0.05) is 12.1 Å². The van der Waals surface area contributed by atoms with Crippen LogP contribution in [0.5, 0.6) is 11.5 Å². The number of amides is 1. The van der Waals surface area contributed by atoms with Gasteiger partial charge in [0.25, 0.3) is 0 Å². The van der Waals surface area contributed by atoms with Crippen LogP contribution < -0.4 is 20.5 Å². The van der Waals surface area contributed by atoms with Gasteiger partial charge in [0.2, 0.25) is 5.91 Å². The van der Waals surface area contributed by atoms with Crippen LogP contribution in [0.25, 0.3) is 0 Å².